The standard InChI is InChI=1S/2C48H36N4.2C6H5NO2.2Hf.2O2/c2*1-29-5-13-33(14-6-29)45-37-21-23-39(49-37)46(34-15-7-30(2)8-16-34)41-25-27-43(51-41)48(36-19-11-32(4)12-20-36)44-28-26-42(52-44)47(40-24-22-38(45)50-40)35-17-9-31(3)10-18-35;2*8-7(9)6-4-2-1-3-5-6;;;2*1-2/h2*5-28H,1-4H3;2*1-5H;;;;/q;;;;;;2*-2. The molecule has 0 saturated heterocycles. The summed E-state index contributed by atoms with van der Waals surface area (Å²) in [7, 11) is 0. The van der Waals surface area contributed by atoms with E-state index in [9.17, 15) is 20.2 Å². The summed E-state index contributed by atoms with van der Waals surface area (Å²) >= 11 is 0. The van der Waals surface area contributed by atoms with E-state index in [2.05, 4.69) is 347 Å². The first-order valence-corrected chi connectivity index (χ1v) is 40.8. The predicted octanol–water partition coefficient (Wildman–Crippen LogP) is 16.7. The summed E-state index contributed by atoms with van der Waals surface area (Å²) in [4.78, 5) is 62.2. The molecule has 0 atom stereocenters. The Kier molecular flexibility index (Phi) is 29.8. The molecule has 0 N–H and O–H groups in total. The van der Waals surface area contributed by atoms with Crippen LogP contribution in [0, 0.1) is 123 Å². The number of nitrogens with zero attached hydrogens (tertiary/aromatic N) is 10. The number of aromatic nitrogens is 8. The van der Waals surface area contributed by atoms with Gasteiger partial charge in [0.15, 0.2) is 0 Å². The van der Waals surface area contributed by atoms with Crippen LogP contribution >= 0.6 is 0 Å². The molecule has 2 aliphatic heterocycles. The van der Waals surface area contributed by atoms with Gasteiger partial charge in [0.05, 0.1) is 54.4 Å². The maximum Gasteiger partial charge on any atom is 0.269 e. The van der Waals surface area contributed by atoms with Crippen molar-refractivity contribution in [2.24, 2.45) is 0 Å². The van der Waals surface area contributed by atoms with E-state index in [4.69, 9.17) is 60.9 Å². The summed E-state index contributed by atoms with van der Waals surface area (Å²) in [5.41, 5.74) is 32.2. The van der Waals surface area contributed by atoms with E-state index in [1.54, 1.807) is 36.4 Å². The molecule has 0 amide bonds. The van der Waals surface area contributed by atoms with Gasteiger partial charge in [0, 0.05) is 317 Å². The molecule has 0 spiro atoms. The zero-order chi connectivity index (χ0) is 88.1. The first-order valence-electron chi connectivity index (χ1n) is 40.8. The van der Waals surface area contributed by atoms with Gasteiger partial charge in [0.25, 0.3) is 11.4 Å². The Morgan fingerprint density at radius 3 is 0.359 bits per heavy atom. The van der Waals surface area contributed by atoms with E-state index in [1.165, 1.54) is 68.8 Å². The van der Waals surface area contributed by atoms with Crippen molar-refractivity contribution in [3.8, 4) is 0 Å². The number of para-hydroxylation sites is 2. The largest absolute Gasteiger partial charge is 1.00 e. The quantitative estimate of drug-likeness (QED) is 0.0404. The topological polar surface area (TPSA) is 291 Å². The van der Waals surface area contributed by atoms with Crippen molar-refractivity contribution >= 4 is 11.4 Å². The van der Waals surface area contributed by atoms with Crippen molar-refractivity contribution in [3.63, 3.8) is 0 Å². The molecule has 10 heterocycles. The van der Waals surface area contributed by atoms with Gasteiger partial charge in [-0.15, -0.1) is 0 Å². The number of aryl methyl sites for hydroxylation is 8. The SMILES string of the molecule is Cc1ccc([C+]2c3ccc([n-]3)[C+](c3ccc(C)cc3)c3ccc([n-]3)[C+](c3ccc(C)cc3)c3ccc([n-]3)[C+](c3ccc(C)cc3)c3ccc2[n-]3)cc1.Cc1ccc([C+]2c3ccc([n-]3)[C+](c3ccc(C)cc3)c3ccc([n-]3)[C+](c3ccc(C)cc3)c3ccc([n-]3)[C+](c3ccc(C)cc3)c3ccc2[n-]3)cc1.O=[N+]([O-])c1ccccc1.O=[N+]([O-])c1ccccc1.[Hf].[Hf].[O-][O-].[O-][O-]. The molecule has 8 aromatic heterocycles. The normalized spacial score (nSPS) is 11.8. The predicted molar refractivity (Wildman–Crippen MR) is 478 cm³/mol. The first kappa shape index (κ1) is 91.5. The molecule has 128 heavy (non-hydrogen) atoms. The van der Waals surface area contributed by atoms with Crippen molar-refractivity contribution < 1.29 is 82.6 Å². The Morgan fingerprint density at radius 2 is 0.273 bits per heavy atom. The zero-order valence-electron chi connectivity index (χ0n) is 71.2. The number of nitro groups is 2. The van der Waals surface area contributed by atoms with Crippen LogP contribution in [-0.2, 0) is 51.7 Å². The average molecular weight is 2000 g/mol. The fourth-order valence-corrected chi connectivity index (χ4v) is 15.4. The summed E-state index contributed by atoms with van der Waals surface area (Å²) in [6.45, 7) is 16.9. The minimum absolute atomic E-state index is 0. The maximum absolute atomic E-state index is 10.0. The molecule has 18 aromatic rings. The van der Waals surface area contributed by atoms with Gasteiger partial charge in [-0.3, -0.25) is 20.2 Å². The third-order valence-corrected chi connectivity index (χ3v) is 21.9. The molecule has 2 aliphatic rings. The van der Waals surface area contributed by atoms with Crippen molar-refractivity contribution in [3.05, 3.63) is 600 Å². The van der Waals surface area contributed by atoms with Gasteiger partial charge < -0.3 is 60.9 Å². The molecule has 624 valence electrons. The van der Waals surface area contributed by atoms with Crippen molar-refractivity contribution in [1.82, 2.24) is 39.9 Å². The van der Waals surface area contributed by atoms with Crippen LogP contribution in [0.4, 0.5) is 11.4 Å². The number of hydrogen-bond acceptors (Lipinski definition) is 8. The number of benzene rings is 10. The monoisotopic (exact) mass is 2010 g/mol. The van der Waals surface area contributed by atoms with E-state index in [0.29, 0.717) is 0 Å². The molecule has 0 radical (unpaired) electrons. The molecule has 0 saturated carbocycles. The Labute approximate surface area is 782 Å². The van der Waals surface area contributed by atoms with Crippen LogP contribution < -0.4 is 60.9 Å². The minimum atomic E-state index is -0.417. The van der Waals surface area contributed by atoms with E-state index in [0.717, 1.165) is 183 Å². The van der Waals surface area contributed by atoms with Crippen molar-refractivity contribution in [2.45, 2.75) is 55.4 Å². The molecular weight excluding hydrogens is 1920 g/mol. The molecule has 10 aromatic carbocycles. The minimum Gasteiger partial charge on any atom is -1.00 e. The Hall–Kier alpha value is -14.2. The van der Waals surface area contributed by atoms with Crippen molar-refractivity contribution in [1.29, 1.82) is 0 Å². The fourth-order valence-electron chi connectivity index (χ4n) is 15.4. The van der Waals surface area contributed by atoms with Gasteiger partial charge in [-0.1, -0.05) is 36.4 Å². The summed E-state index contributed by atoms with van der Waals surface area (Å²) in [5.74, 6) is 7.88. The first-order chi connectivity index (χ1) is 61.4. The molecule has 0 unspecified atom stereocenters. The number of fused-ring (bicyclic) bond motifs is 16. The second-order valence-corrected chi connectivity index (χ2v) is 30.8. The Balaban J connectivity index is 0.000000175. The number of nitro benzene ring substituents is 2. The zero-order valence-corrected chi connectivity index (χ0v) is 78.4. The van der Waals surface area contributed by atoms with Gasteiger partial charge in [0.1, 0.15) is 0 Å². The van der Waals surface area contributed by atoms with Crippen LogP contribution in [-0.4, -0.2) is 9.85 Å². The van der Waals surface area contributed by atoms with Gasteiger partial charge in [-0.2, -0.15) is 0 Å². The second kappa shape index (κ2) is 41.7. The van der Waals surface area contributed by atoms with Gasteiger partial charge in [-0.25, -0.2) is 0 Å². The van der Waals surface area contributed by atoms with Gasteiger partial charge >= 0.3 is 0 Å². The summed E-state index contributed by atoms with van der Waals surface area (Å²) in [5, 5.41) is 48.0. The molecule has 16 bridgehead atoms. The molecular formula is C108H82Hf2N10O8-4. The third-order valence-electron chi connectivity index (χ3n) is 21.9. The third kappa shape index (κ3) is 20.6. The van der Waals surface area contributed by atoms with Crippen molar-refractivity contribution in [2.75, 3.05) is 0 Å². The molecule has 18 nitrogen and oxygen atoms in total. The summed E-state index contributed by atoms with van der Waals surface area (Å²) < 4.78 is 0. The number of rotatable bonds is 10. The van der Waals surface area contributed by atoms with Crippen LogP contribution in [0.2, 0.25) is 0 Å². The van der Waals surface area contributed by atoms with Gasteiger partial charge in [0.2, 0.25) is 0 Å². The van der Waals surface area contributed by atoms with E-state index >= 15 is 0 Å². The molecule has 0 aliphatic carbocycles. The fraction of sp³-hybridized carbons (Fsp3) is 0.0741. The van der Waals surface area contributed by atoms with Crippen LogP contribution in [0.1, 0.15) is 180 Å². The summed E-state index contributed by atoms with van der Waals surface area (Å²) in [6, 6.07) is 119. The second-order valence-electron chi connectivity index (χ2n) is 30.8. The van der Waals surface area contributed by atoms with Gasteiger partial charge in [-0.05, 0) is 288 Å². The number of non-ortho nitro benzene ring substituents is 2. The molecule has 20 heteroatoms. The summed E-state index contributed by atoms with van der Waals surface area (Å²) in [6.07, 6.45) is 0. The van der Waals surface area contributed by atoms with E-state index in [-0.39, 0.29) is 63.1 Å². The van der Waals surface area contributed by atoms with Crippen LogP contribution in [0.25, 0.3) is 0 Å². The van der Waals surface area contributed by atoms with Crippen LogP contribution in [0.3, 0.4) is 0 Å². The molecule has 0 fully saturated rings. The van der Waals surface area contributed by atoms with E-state index < -0.39 is 9.85 Å². The number of hydrogen-bond donors (Lipinski definition) is 0. The van der Waals surface area contributed by atoms with Crippen LogP contribution in [0.15, 0.2) is 352 Å². The Bertz CT molecular complexity index is 5340. The average Bonchev–Trinajstić information content (AvgIpc) is 1.62. The maximum atomic E-state index is 10.0. The smallest absolute Gasteiger partial charge is 0.269 e. The van der Waals surface area contributed by atoms with Crippen LogP contribution in [0.5, 0.6) is 0 Å². The molecule has 20 rings (SSSR count). The van der Waals surface area contributed by atoms with E-state index in [1.807, 2.05) is 0 Å². The Morgan fingerprint density at radius 1 is 0.172 bits per heavy atom.